The fourth-order valence-corrected chi connectivity index (χ4v) is 5.13. The van der Waals surface area contributed by atoms with Gasteiger partial charge in [-0.2, -0.15) is 5.10 Å². The fourth-order valence-electron chi connectivity index (χ4n) is 4.22. The Hall–Kier alpha value is -3.29. The Morgan fingerprint density at radius 1 is 0.875 bits per heavy atom. The highest BCUT2D eigenvalue weighted by Gasteiger charge is 2.15. The first-order chi connectivity index (χ1) is 15.1. The summed E-state index contributed by atoms with van der Waals surface area (Å²) in [5.74, 6) is 0. The van der Waals surface area contributed by atoms with Gasteiger partial charge in [0.25, 0.3) is 0 Å². The van der Waals surface area contributed by atoms with E-state index in [1.165, 1.54) is 27.5 Å². The second kappa shape index (κ2) is 8.00. The summed E-state index contributed by atoms with van der Waals surface area (Å²) in [4.78, 5) is 4.61. The van der Waals surface area contributed by atoms with Gasteiger partial charge in [0.1, 0.15) is 10.1 Å². The van der Waals surface area contributed by atoms with Gasteiger partial charge >= 0.3 is 0 Å². The predicted molar refractivity (Wildman–Crippen MR) is 125 cm³/mol. The van der Waals surface area contributed by atoms with Crippen LogP contribution < -0.4 is 4.52 Å². The Bertz CT molecular complexity index is 1580. The molecule has 5 aromatic rings. The molecule has 3 heterocycles. The molecule has 3 aromatic heterocycles. The monoisotopic (exact) mass is 447 g/mol. The summed E-state index contributed by atoms with van der Waals surface area (Å²) in [6, 6.07) is 16.0. The van der Waals surface area contributed by atoms with Crippen molar-refractivity contribution in [1.29, 1.82) is 0 Å². The number of fused-ring (bicyclic) bond motifs is 5. The molecule has 0 fully saturated rings. The highest BCUT2D eigenvalue weighted by Crippen LogP contribution is 2.27. The van der Waals surface area contributed by atoms with Gasteiger partial charge in [0.2, 0.25) is 11.7 Å². The van der Waals surface area contributed by atoms with E-state index in [1.807, 2.05) is 19.2 Å². The van der Waals surface area contributed by atoms with Crippen LogP contribution in [0.1, 0.15) is 27.9 Å². The Morgan fingerprint density at radius 2 is 1.53 bits per heavy atom. The van der Waals surface area contributed by atoms with Gasteiger partial charge in [0.05, 0.1) is 27.0 Å². The van der Waals surface area contributed by atoms with E-state index in [0.29, 0.717) is 11.1 Å². The molecular weight excluding hydrogens is 422 g/mol. The van der Waals surface area contributed by atoms with Crippen molar-refractivity contribution in [3.63, 3.8) is 0 Å². The van der Waals surface area contributed by atoms with Crippen LogP contribution in [0.3, 0.4) is 0 Å². The molecule has 1 N–H and O–H groups in total. The molecule has 0 spiro atoms. The molecule has 164 valence electrons. The molecule has 0 atom stereocenters. The average molecular weight is 448 g/mol. The van der Waals surface area contributed by atoms with E-state index in [9.17, 15) is 13.0 Å². The third kappa shape index (κ3) is 3.97. The molecule has 0 radical (unpaired) electrons. The summed E-state index contributed by atoms with van der Waals surface area (Å²) in [5, 5.41) is 5.83. The molecule has 2 aromatic carbocycles. The molecule has 0 saturated heterocycles. The number of rotatable bonds is 1. The lowest BCUT2D eigenvalue weighted by Crippen LogP contribution is -2.27. The quantitative estimate of drug-likeness (QED) is 0.301. The number of aromatic nitrogens is 3. The van der Waals surface area contributed by atoms with Gasteiger partial charge < -0.3 is 4.55 Å². The van der Waals surface area contributed by atoms with E-state index >= 15 is 0 Å². The second-order valence-electron chi connectivity index (χ2n) is 8.21. The van der Waals surface area contributed by atoms with Crippen LogP contribution in [-0.4, -0.2) is 23.1 Å². The maximum Gasteiger partial charge on any atom is 0.245 e. The minimum Gasteiger partial charge on any atom is -0.744 e. The standard InChI is InChI=1S/C16H13N3.C9H12O3S/c1-10-9-15-16-12-5-3-4-6-13(12)17-14(16)7-8-19(15)18-11(10)2;1-6-4-7(2)9(8(3)5-6)13(10,11)12/h3-9H,1-2H3;4-5H,1-3H3,(H,10,11,12). The van der Waals surface area contributed by atoms with Crippen molar-refractivity contribution in [2.75, 3.05) is 0 Å². The van der Waals surface area contributed by atoms with Crippen molar-refractivity contribution in [3.05, 3.63) is 82.7 Å². The van der Waals surface area contributed by atoms with E-state index in [1.54, 1.807) is 26.0 Å². The van der Waals surface area contributed by atoms with Crippen molar-refractivity contribution >= 4 is 37.4 Å². The Morgan fingerprint density at radius 3 is 2.19 bits per heavy atom. The van der Waals surface area contributed by atoms with E-state index in [-0.39, 0.29) is 4.90 Å². The molecule has 32 heavy (non-hydrogen) atoms. The van der Waals surface area contributed by atoms with Crippen molar-refractivity contribution in [2.45, 2.75) is 39.5 Å². The first-order valence-corrected chi connectivity index (χ1v) is 11.7. The summed E-state index contributed by atoms with van der Waals surface area (Å²) in [6.07, 6.45) is 2.04. The SMILES string of the molecule is Cc1cc(C)c(S(=O)(=O)[O-])c(C)c1.Cc1cc2c3c(cc[n+]2[nH]c1C)nc1ccccc13. The number of nitrogens with zero attached hydrogens (tertiary/aromatic N) is 2. The van der Waals surface area contributed by atoms with Crippen molar-refractivity contribution < 1.29 is 17.5 Å². The van der Waals surface area contributed by atoms with Gasteiger partial charge in [-0.1, -0.05) is 40.4 Å². The number of hydrogen-bond donors (Lipinski definition) is 1. The summed E-state index contributed by atoms with van der Waals surface area (Å²) in [5.41, 5.74) is 7.73. The topological polar surface area (TPSA) is 90.0 Å². The van der Waals surface area contributed by atoms with Crippen LogP contribution in [0.15, 0.2) is 59.6 Å². The van der Waals surface area contributed by atoms with Gasteiger partial charge in [-0.3, -0.25) is 0 Å². The minimum atomic E-state index is -4.33. The average Bonchev–Trinajstić information content (AvgIpc) is 3.06. The molecule has 0 aliphatic rings. The normalized spacial score (nSPS) is 11.7. The lowest BCUT2D eigenvalue weighted by molar-refractivity contribution is -0.580. The van der Waals surface area contributed by atoms with Gasteiger partial charge in [-0.15, -0.1) is 0 Å². The van der Waals surface area contributed by atoms with Crippen LogP contribution in [0.2, 0.25) is 0 Å². The van der Waals surface area contributed by atoms with Gasteiger partial charge in [-0.05, 0) is 57.4 Å². The fraction of sp³-hybridized carbons (Fsp3) is 0.200. The van der Waals surface area contributed by atoms with Crippen LogP contribution in [0.5, 0.6) is 0 Å². The Kier molecular flexibility index (Phi) is 5.48. The predicted octanol–water partition coefficient (Wildman–Crippen LogP) is 4.59. The zero-order valence-electron chi connectivity index (χ0n) is 18.7. The summed E-state index contributed by atoms with van der Waals surface area (Å²) in [7, 11) is -4.33. The number of aromatic amines is 1. The minimum absolute atomic E-state index is 0.0851. The Balaban J connectivity index is 0.000000166. The van der Waals surface area contributed by atoms with Crippen LogP contribution in [0, 0.1) is 34.6 Å². The van der Waals surface area contributed by atoms with Crippen LogP contribution in [0.25, 0.3) is 27.3 Å². The molecule has 6 nitrogen and oxygen atoms in total. The number of hydrogen-bond acceptors (Lipinski definition) is 4. The molecule has 0 saturated carbocycles. The number of H-pyrrole nitrogens is 1. The second-order valence-corrected chi connectivity index (χ2v) is 9.52. The first-order valence-electron chi connectivity index (χ1n) is 10.3. The van der Waals surface area contributed by atoms with Crippen molar-refractivity contribution in [3.8, 4) is 0 Å². The highest BCUT2D eigenvalue weighted by atomic mass is 32.2. The zero-order valence-corrected chi connectivity index (χ0v) is 19.5. The van der Waals surface area contributed by atoms with Gasteiger partial charge in [-0.25, -0.2) is 13.4 Å². The molecule has 0 aliphatic carbocycles. The number of aryl methyl sites for hydroxylation is 5. The maximum absolute atomic E-state index is 10.8. The smallest absolute Gasteiger partial charge is 0.245 e. The molecule has 0 unspecified atom stereocenters. The van der Waals surface area contributed by atoms with E-state index in [2.05, 4.69) is 53.8 Å². The number of pyridine rings is 1. The maximum atomic E-state index is 10.8. The van der Waals surface area contributed by atoms with E-state index in [4.69, 9.17) is 4.98 Å². The largest absolute Gasteiger partial charge is 0.744 e. The summed E-state index contributed by atoms with van der Waals surface area (Å²) >= 11 is 0. The third-order valence-corrected chi connectivity index (χ3v) is 6.80. The molecule has 0 bridgehead atoms. The summed E-state index contributed by atoms with van der Waals surface area (Å²) in [6.45, 7) is 9.34. The highest BCUT2D eigenvalue weighted by molar-refractivity contribution is 7.85. The van der Waals surface area contributed by atoms with Crippen molar-refractivity contribution in [1.82, 2.24) is 10.1 Å². The van der Waals surface area contributed by atoms with Crippen LogP contribution in [0.4, 0.5) is 0 Å². The van der Waals surface area contributed by atoms with Gasteiger partial charge in [0, 0.05) is 17.5 Å². The van der Waals surface area contributed by atoms with Crippen molar-refractivity contribution in [2.24, 2.45) is 0 Å². The molecule has 0 amide bonds. The zero-order chi connectivity index (χ0) is 23.2. The molecular formula is C25H25N3O3S. The summed E-state index contributed by atoms with van der Waals surface area (Å²) < 4.78 is 34.6. The van der Waals surface area contributed by atoms with E-state index < -0.39 is 10.1 Å². The lowest BCUT2D eigenvalue weighted by atomic mass is 10.1. The number of benzene rings is 2. The molecule has 7 heteroatoms. The first kappa shape index (κ1) is 21.9. The number of nitrogens with one attached hydrogen (secondary N) is 1. The lowest BCUT2D eigenvalue weighted by Gasteiger charge is -2.14. The van der Waals surface area contributed by atoms with Gasteiger partial charge in [0.15, 0.2) is 0 Å². The Labute approximate surface area is 187 Å². The van der Waals surface area contributed by atoms with Crippen LogP contribution in [-0.2, 0) is 10.1 Å². The van der Waals surface area contributed by atoms with E-state index in [0.717, 1.165) is 16.6 Å². The molecule has 0 aliphatic heterocycles. The number of para-hydroxylation sites is 1. The van der Waals surface area contributed by atoms with Crippen LogP contribution >= 0.6 is 0 Å². The molecule has 5 rings (SSSR count). The third-order valence-electron chi connectivity index (χ3n) is 5.66.